The molecule has 33 heavy (non-hydrogen) atoms. The van der Waals surface area contributed by atoms with E-state index in [0.717, 1.165) is 17.8 Å². The van der Waals surface area contributed by atoms with E-state index >= 15 is 0 Å². The predicted octanol–water partition coefficient (Wildman–Crippen LogP) is 4.92. The monoisotopic (exact) mass is 496 g/mol. The lowest BCUT2D eigenvalue weighted by Gasteiger charge is -2.34. The number of carbonyl (C=O) groups excluding carboxylic acids is 1. The SMILES string of the molecule is N#Cc1nc(-c2ccco2)oc1N1CCN(C(=O)CSc2ccc(Cl)c(C(F)(F)F)c2)CC1. The number of hydrogen-bond acceptors (Lipinski definition) is 7. The summed E-state index contributed by atoms with van der Waals surface area (Å²) in [4.78, 5) is 20.5. The molecule has 0 unspecified atom stereocenters. The van der Waals surface area contributed by atoms with Crippen LogP contribution in [-0.2, 0) is 11.0 Å². The van der Waals surface area contributed by atoms with Crippen molar-refractivity contribution in [2.75, 3.05) is 36.8 Å². The van der Waals surface area contributed by atoms with Crippen molar-refractivity contribution in [3.63, 3.8) is 0 Å². The standard InChI is InChI=1S/C21H16ClF3N4O3S/c22-15-4-3-13(10-14(15)21(23,24)25)33-12-18(30)28-5-7-29(8-6-28)20-16(11-26)27-19(32-20)17-2-1-9-31-17/h1-4,9-10H,5-8,12H2. The Hall–Kier alpha value is -3.10. The second-order valence-electron chi connectivity index (χ2n) is 7.06. The molecule has 7 nitrogen and oxygen atoms in total. The summed E-state index contributed by atoms with van der Waals surface area (Å²) in [5.41, 5.74) is -0.801. The van der Waals surface area contributed by atoms with Gasteiger partial charge in [0.05, 0.1) is 22.6 Å². The van der Waals surface area contributed by atoms with E-state index in [1.807, 2.05) is 11.0 Å². The van der Waals surface area contributed by atoms with Gasteiger partial charge in [0, 0.05) is 31.1 Å². The number of halogens is 4. The average molecular weight is 497 g/mol. The molecule has 0 atom stereocenters. The Morgan fingerprint density at radius 2 is 2.00 bits per heavy atom. The molecule has 0 bridgehead atoms. The van der Waals surface area contributed by atoms with Gasteiger partial charge in [-0.25, -0.2) is 0 Å². The first-order chi connectivity index (χ1) is 15.8. The second-order valence-corrected chi connectivity index (χ2v) is 8.51. The van der Waals surface area contributed by atoms with E-state index in [1.165, 1.54) is 18.4 Å². The van der Waals surface area contributed by atoms with Crippen LogP contribution in [0.5, 0.6) is 0 Å². The van der Waals surface area contributed by atoms with Crippen molar-refractivity contribution in [3.8, 4) is 17.7 Å². The first-order valence-corrected chi connectivity index (χ1v) is 11.1. The summed E-state index contributed by atoms with van der Waals surface area (Å²) in [6, 6.07) is 8.94. The zero-order valence-corrected chi connectivity index (χ0v) is 18.5. The molecule has 1 amide bonds. The number of oxazole rings is 1. The van der Waals surface area contributed by atoms with Gasteiger partial charge in [-0.2, -0.15) is 23.4 Å². The molecule has 3 heterocycles. The van der Waals surface area contributed by atoms with Crippen LogP contribution in [0.15, 0.2) is 50.3 Å². The Kier molecular flexibility index (Phi) is 6.58. The van der Waals surface area contributed by atoms with Gasteiger partial charge in [-0.15, -0.1) is 11.8 Å². The lowest BCUT2D eigenvalue weighted by atomic mass is 10.2. The zero-order chi connectivity index (χ0) is 23.6. The molecular weight excluding hydrogens is 481 g/mol. The number of piperazine rings is 1. The highest BCUT2D eigenvalue weighted by Crippen LogP contribution is 2.37. The van der Waals surface area contributed by atoms with E-state index in [-0.39, 0.29) is 28.3 Å². The number of nitrogens with zero attached hydrogens (tertiary/aromatic N) is 4. The maximum absolute atomic E-state index is 13.0. The van der Waals surface area contributed by atoms with Gasteiger partial charge in [-0.3, -0.25) is 4.79 Å². The van der Waals surface area contributed by atoms with Gasteiger partial charge < -0.3 is 18.6 Å². The Bertz CT molecular complexity index is 1180. The molecular formula is C21H16ClF3N4O3S. The Morgan fingerprint density at radius 1 is 1.24 bits per heavy atom. The topological polar surface area (TPSA) is 86.5 Å². The molecule has 3 aromatic rings. The third-order valence-corrected chi connectivity index (χ3v) is 6.28. The van der Waals surface area contributed by atoms with Gasteiger partial charge in [-0.05, 0) is 30.3 Å². The Balaban J connectivity index is 1.35. The lowest BCUT2D eigenvalue weighted by Crippen LogP contribution is -2.49. The van der Waals surface area contributed by atoms with Crippen molar-refractivity contribution >= 4 is 35.2 Å². The summed E-state index contributed by atoms with van der Waals surface area (Å²) in [6.45, 7) is 1.57. The van der Waals surface area contributed by atoms with Crippen LogP contribution in [-0.4, -0.2) is 47.7 Å². The van der Waals surface area contributed by atoms with Crippen LogP contribution in [0.4, 0.5) is 19.1 Å². The fourth-order valence-corrected chi connectivity index (χ4v) is 4.37. The van der Waals surface area contributed by atoms with Crippen LogP contribution < -0.4 is 4.90 Å². The second kappa shape index (κ2) is 9.41. The molecule has 0 aliphatic carbocycles. The summed E-state index contributed by atoms with van der Waals surface area (Å²) in [5.74, 6) is 0.707. The van der Waals surface area contributed by atoms with E-state index in [9.17, 15) is 23.2 Å². The number of alkyl halides is 3. The van der Waals surface area contributed by atoms with E-state index in [0.29, 0.717) is 42.7 Å². The molecule has 1 fully saturated rings. The molecule has 1 aliphatic rings. The van der Waals surface area contributed by atoms with Crippen molar-refractivity contribution in [2.24, 2.45) is 0 Å². The first-order valence-electron chi connectivity index (χ1n) is 9.73. The van der Waals surface area contributed by atoms with Crippen LogP contribution in [0.2, 0.25) is 5.02 Å². The van der Waals surface area contributed by atoms with Crippen LogP contribution in [0.1, 0.15) is 11.3 Å². The Labute approximate surface area is 195 Å². The molecule has 0 spiro atoms. The number of carbonyl (C=O) groups is 1. The number of anilines is 1. The molecule has 12 heteroatoms. The normalized spacial score (nSPS) is 14.4. The van der Waals surface area contributed by atoms with E-state index < -0.39 is 11.7 Å². The minimum atomic E-state index is -4.56. The summed E-state index contributed by atoms with van der Waals surface area (Å²) >= 11 is 6.66. The highest BCUT2D eigenvalue weighted by Gasteiger charge is 2.33. The minimum Gasteiger partial charge on any atom is -0.459 e. The van der Waals surface area contributed by atoms with Crippen molar-refractivity contribution in [2.45, 2.75) is 11.1 Å². The average Bonchev–Trinajstić information content (AvgIpc) is 3.47. The lowest BCUT2D eigenvalue weighted by molar-refractivity contribution is -0.137. The number of amides is 1. The molecule has 4 rings (SSSR count). The van der Waals surface area contributed by atoms with Crippen molar-refractivity contribution in [1.29, 1.82) is 5.26 Å². The number of benzene rings is 1. The fourth-order valence-electron chi connectivity index (χ4n) is 3.31. The van der Waals surface area contributed by atoms with E-state index in [1.54, 1.807) is 17.0 Å². The number of furan rings is 1. The van der Waals surface area contributed by atoms with Gasteiger partial charge in [0.1, 0.15) is 6.07 Å². The van der Waals surface area contributed by atoms with Crippen LogP contribution in [0.3, 0.4) is 0 Å². The smallest absolute Gasteiger partial charge is 0.417 e. The molecule has 1 aromatic carbocycles. The number of thioether (sulfide) groups is 1. The zero-order valence-electron chi connectivity index (χ0n) is 16.9. The quantitative estimate of drug-likeness (QED) is 0.463. The van der Waals surface area contributed by atoms with Gasteiger partial charge >= 0.3 is 6.18 Å². The maximum atomic E-state index is 13.0. The van der Waals surface area contributed by atoms with Gasteiger partial charge in [-0.1, -0.05) is 11.6 Å². The molecule has 0 N–H and O–H groups in total. The summed E-state index contributed by atoms with van der Waals surface area (Å²) < 4.78 is 50.0. The molecule has 172 valence electrons. The third kappa shape index (κ3) is 5.12. The number of rotatable bonds is 5. The van der Waals surface area contributed by atoms with Crippen molar-refractivity contribution in [1.82, 2.24) is 9.88 Å². The van der Waals surface area contributed by atoms with E-state index in [2.05, 4.69) is 4.98 Å². The van der Waals surface area contributed by atoms with Gasteiger partial charge in [0.2, 0.25) is 17.5 Å². The summed E-state index contributed by atoms with van der Waals surface area (Å²) in [7, 11) is 0. The number of hydrogen-bond donors (Lipinski definition) is 0. The predicted molar refractivity (Wildman–Crippen MR) is 115 cm³/mol. The largest absolute Gasteiger partial charge is 0.459 e. The summed E-state index contributed by atoms with van der Waals surface area (Å²) in [5, 5.41) is 9.01. The molecule has 1 saturated heterocycles. The number of nitriles is 1. The molecule has 0 radical (unpaired) electrons. The minimum absolute atomic E-state index is 0.00662. The number of aromatic nitrogens is 1. The van der Waals surface area contributed by atoms with Crippen molar-refractivity contribution < 1.29 is 26.8 Å². The molecule has 1 aliphatic heterocycles. The van der Waals surface area contributed by atoms with Crippen molar-refractivity contribution in [3.05, 3.63) is 52.9 Å². The molecule has 2 aromatic heterocycles. The highest BCUT2D eigenvalue weighted by atomic mass is 35.5. The van der Waals surface area contributed by atoms with E-state index in [4.69, 9.17) is 20.4 Å². The van der Waals surface area contributed by atoms with Crippen LogP contribution in [0, 0.1) is 11.3 Å². The summed E-state index contributed by atoms with van der Waals surface area (Å²) in [6.07, 6.45) is -3.09. The van der Waals surface area contributed by atoms with Crippen LogP contribution >= 0.6 is 23.4 Å². The van der Waals surface area contributed by atoms with Crippen LogP contribution in [0.25, 0.3) is 11.7 Å². The van der Waals surface area contributed by atoms with Gasteiger partial charge in [0.25, 0.3) is 5.89 Å². The molecule has 0 saturated carbocycles. The fraction of sp³-hybridized carbons (Fsp3) is 0.286. The first kappa shape index (κ1) is 23.1. The maximum Gasteiger partial charge on any atom is 0.417 e. The van der Waals surface area contributed by atoms with Gasteiger partial charge in [0.15, 0.2) is 5.76 Å². The highest BCUT2D eigenvalue weighted by molar-refractivity contribution is 8.00. The Morgan fingerprint density at radius 3 is 2.64 bits per heavy atom. The third-order valence-electron chi connectivity index (χ3n) is 4.97.